The third kappa shape index (κ3) is 6.14. The number of fused-ring (bicyclic) bond motifs is 1. The topological polar surface area (TPSA) is 79.9 Å². The molecule has 2 N–H and O–H groups in total. The van der Waals surface area contributed by atoms with Crippen molar-refractivity contribution in [1.82, 2.24) is 15.5 Å². The van der Waals surface area contributed by atoms with E-state index in [9.17, 15) is 9.59 Å². The predicted octanol–water partition coefficient (Wildman–Crippen LogP) is 3.26. The van der Waals surface area contributed by atoms with Gasteiger partial charge in [0, 0.05) is 33.0 Å². The van der Waals surface area contributed by atoms with Crippen LogP contribution >= 0.6 is 0 Å². The molecular weight excluding hydrogens is 382 g/mol. The summed E-state index contributed by atoms with van der Waals surface area (Å²) in [6.45, 7) is 3.97. The Kier molecular flexibility index (Phi) is 7.54. The van der Waals surface area contributed by atoms with Gasteiger partial charge in [0.15, 0.2) is 11.5 Å². The van der Waals surface area contributed by atoms with Crippen molar-refractivity contribution >= 4 is 11.9 Å². The van der Waals surface area contributed by atoms with Gasteiger partial charge in [0.25, 0.3) is 0 Å². The monoisotopic (exact) mass is 411 g/mol. The van der Waals surface area contributed by atoms with Crippen LogP contribution in [0.4, 0.5) is 4.79 Å². The number of hydrogen-bond donors (Lipinski definition) is 2. The zero-order valence-corrected chi connectivity index (χ0v) is 17.5. The number of ether oxygens (including phenoxy) is 2. The molecule has 1 aliphatic rings. The van der Waals surface area contributed by atoms with Gasteiger partial charge in [-0.1, -0.05) is 36.4 Å². The highest BCUT2D eigenvalue weighted by atomic mass is 16.5. The molecule has 0 aliphatic carbocycles. The minimum atomic E-state index is -0.206. The van der Waals surface area contributed by atoms with Gasteiger partial charge in [0.05, 0.1) is 19.3 Å². The maximum atomic E-state index is 12.3. The van der Waals surface area contributed by atoms with E-state index >= 15 is 0 Å². The molecule has 1 heterocycles. The first-order valence-corrected chi connectivity index (χ1v) is 10.2. The van der Waals surface area contributed by atoms with Crippen LogP contribution in [0, 0.1) is 0 Å². The first kappa shape index (κ1) is 21.5. The summed E-state index contributed by atoms with van der Waals surface area (Å²) in [6.07, 6.45) is 1.06. The molecule has 1 aliphatic heterocycles. The highest BCUT2D eigenvalue weighted by Crippen LogP contribution is 2.32. The average molecular weight is 412 g/mol. The van der Waals surface area contributed by atoms with Gasteiger partial charge in [-0.25, -0.2) is 4.79 Å². The molecule has 0 bridgehead atoms. The maximum absolute atomic E-state index is 12.3. The van der Waals surface area contributed by atoms with Crippen LogP contribution in [0.15, 0.2) is 48.5 Å². The van der Waals surface area contributed by atoms with Crippen LogP contribution in [-0.2, 0) is 11.3 Å². The molecule has 7 heteroatoms. The van der Waals surface area contributed by atoms with E-state index in [1.807, 2.05) is 55.5 Å². The Bertz CT molecular complexity index is 857. The predicted molar refractivity (Wildman–Crippen MR) is 115 cm³/mol. The van der Waals surface area contributed by atoms with Crippen LogP contribution in [-0.4, -0.2) is 43.6 Å². The standard InChI is InChI=1S/C23H29N3O4/c1-17(19-9-10-20-21(15-19)30-14-6-13-29-20)25-22(27)11-12-24-23(28)26(2)16-18-7-4-3-5-8-18/h3-5,7-10,15,17H,6,11-14,16H2,1-2H3,(H,24,28)(H,25,27). The first-order valence-electron chi connectivity index (χ1n) is 10.2. The Balaban J connectivity index is 1.42. The number of rotatable bonds is 7. The van der Waals surface area contributed by atoms with E-state index in [4.69, 9.17) is 9.47 Å². The lowest BCUT2D eigenvalue weighted by atomic mass is 10.1. The Morgan fingerprint density at radius 2 is 1.80 bits per heavy atom. The smallest absolute Gasteiger partial charge is 0.317 e. The molecule has 0 saturated carbocycles. The van der Waals surface area contributed by atoms with Crippen molar-refractivity contribution in [3.63, 3.8) is 0 Å². The number of benzene rings is 2. The zero-order valence-electron chi connectivity index (χ0n) is 17.5. The largest absolute Gasteiger partial charge is 0.490 e. The van der Waals surface area contributed by atoms with Crippen LogP contribution in [0.3, 0.4) is 0 Å². The summed E-state index contributed by atoms with van der Waals surface area (Å²) in [5.41, 5.74) is 2.00. The molecule has 3 amide bonds. The normalized spacial score (nSPS) is 13.7. The van der Waals surface area contributed by atoms with E-state index < -0.39 is 0 Å². The zero-order chi connectivity index (χ0) is 21.3. The van der Waals surface area contributed by atoms with Crippen molar-refractivity contribution < 1.29 is 19.1 Å². The maximum Gasteiger partial charge on any atom is 0.317 e. The van der Waals surface area contributed by atoms with Gasteiger partial charge >= 0.3 is 6.03 Å². The van der Waals surface area contributed by atoms with E-state index in [-0.39, 0.29) is 30.9 Å². The molecule has 1 atom stereocenters. The molecule has 0 aromatic heterocycles. The molecule has 0 spiro atoms. The molecule has 3 rings (SSSR count). The number of carbonyl (C=O) groups is 2. The lowest BCUT2D eigenvalue weighted by molar-refractivity contribution is -0.121. The van der Waals surface area contributed by atoms with Crippen LogP contribution in [0.5, 0.6) is 11.5 Å². The minimum Gasteiger partial charge on any atom is -0.490 e. The van der Waals surface area contributed by atoms with Crippen molar-refractivity contribution in [2.24, 2.45) is 0 Å². The first-order chi connectivity index (χ1) is 14.5. The van der Waals surface area contributed by atoms with Gasteiger partial charge in [-0.3, -0.25) is 4.79 Å². The summed E-state index contributed by atoms with van der Waals surface area (Å²) in [5, 5.41) is 5.75. The molecule has 7 nitrogen and oxygen atoms in total. The van der Waals surface area contributed by atoms with E-state index in [0.29, 0.717) is 25.5 Å². The van der Waals surface area contributed by atoms with Crippen LogP contribution < -0.4 is 20.1 Å². The molecule has 1 unspecified atom stereocenters. The fraction of sp³-hybridized carbons (Fsp3) is 0.391. The number of amides is 3. The van der Waals surface area contributed by atoms with Crippen molar-refractivity contribution in [3.8, 4) is 11.5 Å². The molecule has 160 valence electrons. The summed E-state index contributed by atoms with van der Waals surface area (Å²) in [5.74, 6) is 1.32. The second kappa shape index (κ2) is 10.5. The molecule has 0 fully saturated rings. The van der Waals surface area contributed by atoms with Gasteiger partial charge in [0.1, 0.15) is 0 Å². The second-order valence-corrected chi connectivity index (χ2v) is 7.37. The summed E-state index contributed by atoms with van der Waals surface area (Å²) in [6, 6.07) is 15.1. The molecule has 2 aromatic carbocycles. The fourth-order valence-electron chi connectivity index (χ4n) is 3.19. The van der Waals surface area contributed by atoms with Gasteiger partial charge < -0.3 is 25.0 Å². The lowest BCUT2D eigenvalue weighted by Crippen LogP contribution is -2.39. The molecule has 2 aromatic rings. The van der Waals surface area contributed by atoms with Crippen LogP contribution in [0.1, 0.15) is 36.9 Å². The lowest BCUT2D eigenvalue weighted by Gasteiger charge is -2.19. The molecular formula is C23H29N3O4. The highest BCUT2D eigenvalue weighted by molar-refractivity contribution is 5.78. The Labute approximate surface area is 177 Å². The fourth-order valence-corrected chi connectivity index (χ4v) is 3.19. The van der Waals surface area contributed by atoms with Crippen molar-refractivity contribution in [1.29, 1.82) is 0 Å². The Morgan fingerprint density at radius 3 is 2.57 bits per heavy atom. The SMILES string of the molecule is CC(NC(=O)CCNC(=O)N(C)Cc1ccccc1)c1ccc2c(c1)OCCCO2. The summed E-state index contributed by atoms with van der Waals surface area (Å²) in [4.78, 5) is 26.1. The molecule has 0 radical (unpaired) electrons. The van der Waals surface area contributed by atoms with E-state index in [1.54, 1.807) is 11.9 Å². The Hall–Kier alpha value is -3.22. The minimum absolute atomic E-state index is 0.124. The number of nitrogens with one attached hydrogen (secondary N) is 2. The second-order valence-electron chi connectivity index (χ2n) is 7.37. The third-order valence-electron chi connectivity index (χ3n) is 4.89. The highest BCUT2D eigenvalue weighted by Gasteiger charge is 2.15. The summed E-state index contributed by atoms with van der Waals surface area (Å²) >= 11 is 0. The van der Waals surface area contributed by atoms with E-state index in [2.05, 4.69) is 10.6 Å². The quantitative estimate of drug-likeness (QED) is 0.733. The van der Waals surface area contributed by atoms with Gasteiger partial charge in [-0.2, -0.15) is 0 Å². The molecule has 30 heavy (non-hydrogen) atoms. The van der Waals surface area contributed by atoms with Gasteiger partial charge in [0.2, 0.25) is 5.91 Å². The number of carbonyl (C=O) groups excluding carboxylic acids is 2. The summed E-state index contributed by atoms with van der Waals surface area (Å²) in [7, 11) is 1.73. The molecule has 0 saturated heterocycles. The van der Waals surface area contributed by atoms with Gasteiger partial charge in [-0.15, -0.1) is 0 Å². The van der Waals surface area contributed by atoms with Crippen molar-refractivity contribution in [3.05, 3.63) is 59.7 Å². The number of nitrogens with zero attached hydrogens (tertiary/aromatic N) is 1. The van der Waals surface area contributed by atoms with E-state index in [0.717, 1.165) is 23.3 Å². The van der Waals surface area contributed by atoms with Crippen LogP contribution in [0.25, 0.3) is 0 Å². The van der Waals surface area contributed by atoms with Gasteiger partial charge in [-0.05, 0) is 30.2 Å². The Morgan fingerprint density at radius 1 is 1.07 bits per heavy atom. The van der Waals surface area contributed by atoms with Crippen molar-refractivity contribution in [2.45, 2.75) is 32.4 Å². The van der Waals surface area contributed by atoms with E-state index in [1.165, 1.54) is 0 Å². The summed E-state index contributed by atoms with van der Waals surface area (Å²) < 4.78 is 11.4. The average Bonchev–Trinajstić information content (AvgIpc) is 2.99. The van der Waals surface area contributed by atoms with Crippen molar-refractivity contribution in [2.75, 3.05) is 26.8 Å². The van der Waals surface area contributed by atoms with Crippen LogP contribution in [0.2, 0.25) is 0 Å². The number of hydrogen-bond acceptors (Lipinski definition) is 4. The number of urea groups is 1. The third-order valence-corrected chi connectivity index (χ3v) is 4.89.